The van der Waals surface area contributed by atoms with E-state index in [1.807, 2.05) is 6.92 Å². The quantitative estimate of drug-likeness (QED) is 0.157. The fourth-order valence-electron chi connectivity index (χ4n) is 17.4. The van der Waals surface area contributed by atoms with Gasteiger partial charge in [0.15, 0.2) is 0 Å². The van der Waals surface area contributed by atoms with Gasteiger partial charge in [0, 0.05) is 0 Å². The monoisotopic (exact) mass is 659 g/mol. The molecule has 9 fully saturated rings. The van der Waals surface area contributed by atoms with Crippen molar-refractivity contribution in [2.24, 2.45) is 124 Å². The summed E-state index contributed by atoms with van der Waals surface area (Å²) in [6.07, 6.45) is 43.2. The van der Waals surface area contributed by atoms with Gasteiger partial charge in [0.25, 0.3) is 0 Å². The number of fused-ring (bicyclic) bond motifs is 27. The Balaban J connectivity index is 0.0000000914. The maximum Gasteiger partial charge on any atom is 0.0907 e. The van der Waals surface area contributed by atoms with Crippen molar-refractivity contribution in [3.8, 4) is 0 Å². The van der Waals surface area contributed by atoms with Gasteiger partial charge in [-0.25, -0.2) is 0 Å². The molecule has 1 heteroatoms. The third kappa shape index (κ3) is 4.94. The largest absolute Gasteiger partial charge is 0.499 e. The highest BCUT2D eigenvalue weighted by Gasteiger charge is 2.62. The summed E-state index contributed by atoms with van der Waals surface area (Å²) in [4.78, 5) is 0. The summed E-state index contributed by atoms with van der Waals surface area (Å²) in [7, 11) is 0. The third-order valence-electron chi connectivity index (χ3n) is 18.8. The predicted octanol–water partition coefficient (Wildman–Crippen LogP) is 11.7. The lowest BCUT2D eigenvalue weighted by Crippen LogP contribution is -2.32. The molecule has 9 saturated carbocycles. The SMILES string of the molecule is C1=CC2CC1C1C3C=CC(C3)C21.C1=CC2CC1C1C3CC(CCC4CCCCC4)C(C3)C21.C=C(C)OCC1CC2CC1C1C3C=CC(C3)C21. The summed E-state index contributed by atoms with van der Waals surface area (Å²) in [6.45, 7) is 6.75. The summed E-state index contributed by atoms with van der Waals surface area (Å²) < 4.78 is 5.69. The Hall–Kier alpha value is -1.50. The molecule has 0 aliphatic heterocycles. The Morgan fingerprint density at radius 1 is 0.490 bits per heavy atom. The second-order valence-electron chi connectivity index (χ2n) is 20.7. The van der Waals surface area contributed by atoms with Gasteiger partial charge in [-0.1, -0.05) is 93.7 Å². The zero-order valence-corrected chi connectivity index (χ0v) is 30.7. The molecule has 0 spiro atoms. The molecule has 49 heavy (non-hydrogen) atoms. The molecule has 0 aromatic carbocycles. The van der Waals surface area contributed by atoms with Crippen LogP contribution in [0.4, 0.5) is 0 Å². The Bertz CT molecular complexity index is 1350. The van der Waals surface area contributed by atoms with Crippen LogP contribution >= 0.6 is 0 Å². The molecule has 264 valence electrons. The fraction of sp³-hybridized carbons (Fsp3) is 0.792. The van der Waals surface area contributed by atoms with Crippen LogP contribution in [-0.2, 0) is 4.74 Å². The molecule has 12 bridgehead atoms. The Morgan fingerprint density at radius 3 is 1.41 bits per heavy atom. The lowest BCUT2D eigenvalue weighted by atomic mass is 9.68. The molecule has 0 N–H and O–H groups in total. The van der Waals surface area contributed by atoms with E-state index in [0.29, 0.717) is 0 Å². The number of ether oxygens (including phenoxy) is 1. The van der Waals surface area contributed by atoms with Crippen molar-refractivity contribution in [3.63, 3.8) is 0 Å². The van der Waals surface area contributed by atoms with Crippen molar-refractivity contribution in [3.05, 3.63) is 60.9 Å². The molecule has 13 rings (SSSR count). The second-order valence-corrected chi connectivity index (χ2v) is 20.7. The van der Waals surface area contributed by atoms with Crippen molar-refractivity contribution in [1.82, 2.24) is 0 Å². The highest BCUT2D eigenvalue weighted by molar-refractivity contribution is 5.26. The molecular formula is C48H66O. The molecule has 0 aromatic rings. The van der Waals surface area contributed by atoms with E-state index in [0.717, 1.165) is 137 Å². The average molecular weight is 659 g/mol. The van der Waals surface area contributed by atoms with Gasteiger partial charge in [-0.3, -0.25) is 0 Å². The van der Waals surface area contributed by atoms with E-state index in [4.69, 9.17) is 4.74 Å². The van der Waals surface area contributed by atoms with Gasteiger partial charge >= 0.3 is 0 Å². The van der Waals surface area contributed by atoms with Crippen LogP contribution in [0.15, 0.2) is 60.9 Å². The number of hydrogen-bond acceptors (Lipinski definition) is 1. The molecule has 0 saturated heterocycles. The molecule has 0 radical (unpaired) electrons. The minimum Gasteiger partial charge on any atom is -0.499 e. The zero-order valence-electron chi connectivity index (χ0n) is 30.7. The predicted molar refractivity (Wildman–Crippen MR) is 200 cm³/mol. The van der Waals surface area contributed by atoms with E-state index < -0.39 is 0 Å². The van der Waals surface area contributed by atoms with E-state index in [1.165, 1.54) is 57.8 Å². The molecule has 13 aliphatic carbocycles. The molecule has 18 atom stereocenters. The van der Waals surface area contributed by atoms with E-state index >= 15 is 0 Å². The van der Waals surface area contributed by atoms with Crippen molar-refractivity contribution in [2.75, 3.05) is 6.61 Å². The van der Waals surface area contributed by atoms with Crippen LogP contribution in [0.25, 0.3) is 0 Å². The molecule has 1 nitrogen and oxygen atoms in total. The Labute approximate surface area is 298 Å². The van der Waals surface area contributed by atoms with Crippen molar-refractivity contribution in [1.29, 1.82) is 0 Å². The summed E-state index contributed by atoms with van der Waals surface area (Å²) in [5.41, 5.74) is 0. The maximum atomic E-state index is 5.69. The minimum absolute atomic E-state index is 0.825. The van der Waals surface area contributed by atoms with Crippen LogP contribution in [0.5, 0.6) is 0 Å². The van der Waals surface area contributed by atoms with Crippen LogP contribution in [0.1, 0.15) is 103 Å². The first-order chi connectivity index (χ1) is 24.1. The van der Waals surface area contributed by atoms with E-state index in [9.17, 15) is 0 Å². The zero-order chi connectivity index (χ0) is 32.4. The molecule has 0 heterocycles. The molecule has 13 aliphatic rings. The van der Waals surface area contributed by atoms with Crippen LogP contribution in [0.3, 0.4) is 0 Å². The number of hydrogen-bond donors (Lipinski definition) is 0. The van der Waals surface area contributed by atoms with E-state index in [2.05, 4.69) is 55.2 Å². The summed E-state index contributed by atoms with van der Waals surface area (Å²) in [5.74, 6) is 22.5. The Kier molecular flexibility index (Phi) is 7.62. The van der Waals surface area contributed by atoms with Gasteiger partial charge in [-0.15, -0.1) is 0 Å². The Morgan fingerprint density at radius 2 is 0.918 bits per heavy atom. The highest BCUT2D eigenvalue weighted by Crippen LogP contribution is 2.69. The summed E-state index contributed by atoms with van der Waals surface area (Å²) >= 11 is 0. The highest BCUT2D eigenvalue weighted by atomic mass is 16.5. The van der Waals surface area contributed by atoms with E-state index in [1.54, 1.807) is 38.5 Å². The lowest BCUT2D eigenvalue weighted by Gasteiger charge is -2.37. The van der Waals surface area contributed by atoms with Gasteiger partial charge in [-0.05, 0) is 189 Å². The molecular weight excluding hydrogens is 593 g/mol. The first-order valence-electron chi connectivity index (χ1n) is 22.1. The number of rotatable bonds is 6. The van der Waals surface area contributed by atoms with Crippen LogP contribution in [0.2, 0.25) is 0 Å². The van der Waals surface area contributed by atoms with Crippen molar-refractivity contribution in [2.45, 2.75) is 103 Å². The van der Waals surface area contributed by atoms with Crippen molar-refractivity contribution >= 4 is 0 Å². The number of allylic oxidation sites excluding steroid dienone is 9. The normalized spacial score (nSPS) is 55.5. The second kappa shape index (κ2) is 12.0. The first-order valence-corrected chi connectivity index (χ1v) is 22.1. The molecule has 0 aromatic heterocycles. The fourth-order valence-corrected chi connectivity index (χ4v) is 17.4. The smallest absolute Gasteiger partial charge is 0.0907 e. The van der Waals surface area contributed by atoms with Gasteiger partial charge in [0.05, 0.1) is 12.4 Å². The summed E-state index contributed by atoms with van der Waals surface area (Å²) in [6, 6.07) is 0. The molecule has 0 amide bonds. The van der Waals surface area contributed by atoms with Gasteiger partial charge in [0.1, 0.15) is 0 Å². The van der Waals surface area contributed by atoms with Crippen LogP contribution in [-0.4, -0.2) is 6.61 Å². The van der Waals surface area contributed by atoms with Gasteiger partial charge in [-0.2, -0.15) is 0 Å². The topological polar surface area (TPSA) is 9.23 Å². The maximum absolute atomic E-state index is 5.69. The van der Waals surface area contributed by atoms with Crippen molar-refractivity contribution < 1.29 is 4.74 Å². The average Bonchev–Trinajstić information content (AvgIpc) is 3.96. The van der Waals surface area contributed by atoms with E-state index in [-0.39, 0.29) is 0 Å². The third-order valence-corrected chi connectivity index (χ3v) is 18.8. The van der Waals surface area contributed by atoms with Gasteiger partial charge in [0.2, 0.25) is 0 Å². The lowest BCUT2D eigenvalue weighted by molar-refractivity contribution is 0.0806. The summed E-state index contributed by atoms with van der Waals surface area (Å²) in [5, 5.41) is 0. The van der Waals surface area contributed by atoms with Crippen LogP contribution < -0.4 is 0 Å². The van der Waals surface area contributed by atoms with Gasteiger partial charge < -0.3 is 4.74 Å². The minimum atomic E-state index is 0.825. The first kappa shape index (κ1) is 31.1. The van der Waals surface area contributed by atoms with Crippen LogP contribution in [0, 0.1) is 124 Å². The molecule has 18 unspecified atom stereocenters. The standard InChI is InChI=1S/C20H30.C16H22O.C12H14/c1-2-4-13(5-3-1)6-7-14-10-17-12-18(14)20-16-9-8-15(11-16)19(17)20;1-9(2)17-8-13-6-12-7-14(13)16-11-4-3-10(5-11)15(12)16;1-2-8-5-7(1)11-9-3-4-10(6-9)12(8)11/h8-9,13-20H,1-7,10-12H2;3-4,10-16H,1,5-8H2,2H3;1-4,7-12H,5-6H2.